The average molecular weight is 561 g/mol. The summed E-state index contributed by atoms with van der Waals surface area (Å²) in [4.78, 5) is 1.34. The van der Waals surface area contributed by atoms with Crippen molar-refractivity contribution in [2.24, 2.45) is 0 Å². The lowest BCUT2D eigenvalue weighted by atomic mass is 9.76. The standard InChI is InChI=1S/C36H32O4S/c1-38-34-29(22-23-35(37,39-2)36(34,40-3)28-14-8-5-9-15-28)26-18-20-27(21-19-26)33-30-16-10-11-17-31(30)41-32(33)24-25-12-6-4-7-13-25/h4-23,37H,24H2,1-3H3. The van der Waals surface area contributed by atoms with Gasteiger partial charge in [-0.1, -0.05) is 103 Å². The first kappa shape index (κ1) is 27.2. The molecular weight excluding hydrogens is 528 g/mol. The first-order valence-corrected chi connectivity index (χ1v) is 14.4. The lowest BCUT2D eigenvalue weighted by Crippen LogP contribution is -2.56. The molecule has 4 aromatic carbocycles. The Hall–Kier alpha value is -4.00. The summed E-state index contributed by atoms with van der Waals surface area (Å²) in [7, 11) is 4.63. The minimum Gasteiger partial charge on any atom is -0.497 e. The van der Waals surface area contributed by atoms with E-state index in [2.05, 4.69) is 78.9 Å². The molecule has 0 aliphatic heterocycles. The molecule has 2 atom stereocenters. The topological polar surface area (TPSA) is 47.9 Å². The van der Waals surface area contributed by atoms with E-state index in [1.807, 2.05) is 47.7 Å². The number of methoxy groups -OCH3 is 3. The third-order valence-corrected chi connectivity index (χ3v) is 9.08. The molecule has 2 unspecified atom stereocenters. The Bertz CT molecular complexity index is 1720. The first-order valence-electron chi connectivity index (χ1n) is 13.6. The second kappa shape index (κ2) is 11.1. The van der Waals surface area contributed by atoms with Gasteiger partial charge >= 0.3 is 0 Å². The molecule has 5 aromatic rings. The van der Waals surface area contributed by atoms with Crippen molar-refractivity contribution in [2.75, 3.05) is 21.3 Å². The second-order valence-corrected chi connectivity index (χ2v) is 11.2. The zero-order chi connectivity index (χ0) is 28.5. The van der Waals surface area contributed by atoms with Crippen LogP contribution in [-0.4, -0.2) is 32.2 Å². The maximum Gasteiger partial charge on any atom is 0.227 e. The minimum absolute atomic E-state index is 0.469. The predicted octanol–water partition coefficient (Wildman–Crippen LogP) is 7.96. The summed E-state index contributed by atoms with van der Waals surface area (Å²) in [6.45, 7) is 0. The number of benzene rings is 4. The van der Waals surface area contributed by atoms with Crippen LogP contribution in [0.1, 0.15) is 21.6 Å². The van der Waals surface area contributed by atoms with E-state index in [0.29, 0.717) is 5.76 Å². The number of aliphatic hydroxyl groups is 1. The molecule has 6 rings (SSSR count). The van der Waals surface area contributed by atoms with Crippen LogP contribution in [0, 0.1) is 0 Å². The Morgan fingerprint density at radius 2 is 1.34 bits per heavy atom. The molecule has 0 radical (unpaired) electrons. The molecule has 0 fully saturated rings. The van der Waals surface area contributed by atoms with Gasteiger partial charge in [-0.15, -0.1) is 11.3 Å². The summed E-state index contributed by atoms with van der Waals surface area (Å²) in [5.41, 5.74) is 4.79. The van der Waals surface area contributed by atoms with E-state index in [0.717, 1.165) is 28.7 Å². The molecule has 1 heterocycles. The van der Waals surface area contributed by atoms with Crippen LogP contribution in [0.4, 0.5) is 0 Å². The molecule has 0 spiro atoms. The Morgan fingerprint density at radius 3 is 2.00 bits per heavy atom. The van der Waals surface area contributed by atoms with Gasteiger partial charge in [0.05, 0.1) is 7.11 Å². The van der Waals surface area contributed by atoms with Crippen molar-refractivity contribution in [3.63, 3.8) is 0 Å². The van der Waals surface area contributed by atoms with Crippen LogP contribution in [0.15, 0.2) is 127 Å². The van der Waals surface area contributed by atoms with Crippen LogP contribution < -0.4 is 0 Å². The molecule has 0 amide bonds. The Morgan fingerprint density at radius 1 is 0.707 bits per heavy atom. The number of rotatable bonds is 8. The highest BCUT2D eigenvalue weighted by Gasteiger charge is 2.58. The summed E-state index contributed by atoms with van der Waals surface area (Å²) in [6, 6.07) is 37.3. The quantitative estimate of drug-likeness (QED) is 0.196. The Balaban J connectivity index is 1.47. The van der Waals surface area contributed by atoms with Crippen molar-refractivity contribution in [3.05, 3.63) is 149 Å². The Labute approximate surface area is 244 Å². The van der Waals surface area contributed by atoms with E-state index in [1.54, 1.807) is 20.3 Å². The average Bonchev–Trinajstić information content (AvgIpc) is 3.39. The second-order valence-electron chi connectivity index (χ2n) is 10.1. The largest absolute Gasteiger partial charge is 0.497 e. The summed E-state index contributed by atoms with van der Waals surface area (Å²) >= 11 is 1.85. The molecule has 0 saturated carbocycles. The van der Waals surface area contributed by atoms with Gasteiger partial charge in [-0.05, 0) is 40.5 Å². The third kappa shape index (κ3) is 4.52. The van der Waals surface area contributed by atoms with Crippen LogP contribution in [0.5, 0.6) is 0 Å². The minimum atomic E-state index is -1.78. The fourth-order valence-corrected chi connectivity index (χ4v) is 7.20. The number of thiophene rings is 1. The van der Waals surface area contributed by atoms with Gasteiger partial charge in [0.1, 0.15) is 5.76 Å². The molecule has 1 aromatic heterocycles. The van der Waals surface area contributed by atoms with Crippen molar-refractivity contribution in [1.82, 2.24) is 0 Å². The monoisotopic (exact) mass is 560 g/mol. The Kier molecular flexibility index (Phi) is 7.37. The SMILES string of the molecule is COC1=C(c2ccc(-c3c(Cc4ccccc4)sc4ccccc34)cc2)C=CC(O)(OC)C1(OC)c1ccccc1. The summed E-state index contributed by atoms with van der Waals surface area (Å²) in [5.74, 6) is -1.31. The summed E-state index contributed by atoms with van der Waals surface area (Å²) in [5, 5.41) is 12.9. The van der Waals surface area contributed by atoms with Crippen molar-refractivity contribution in [3.8, 4) is 11.1 Å². The van der Waals surface area contributed by atoms with Crippen LogP contribution >= 0.6 is 11.3 Å². The van der Waals surface area contributed by atoms with Gasteiger partial charge in [-0.25, -0.2) is 0 Å². The molecular formula is C36H32O4S. The summed E-state index contributed by atoms with van der Waals surface area (Å²) in [6.07, 6.45) is 4.36. The van der Waals surface area contributed by atoms with Crippen molar-refractivity contribution in [1.29, 1.82) is 0 Å². The van der Waals surface area contributed by atoms with E-state index in [9.17, 15) is 5.11 Å². The van der Waals surface area contributed by atoms with Crippen LogP contribution in [0.3, 0.4) is 0 Å². The molecule has 41 heavy (non-hydrogen) atoms. The molecule has 5 heteroatoms. The van der Waals surface area contributed by atoms with E-state index < -0.39 is 11.4 Å². The number of hydrogen-bond acceptors (Lipinski definition) is 5. The van der Waals surface area contributed by atoms with Gasteiger partial charge in [0.25, 0.3) is 0 Å². The van der Waals surface area contributed by atoms with Gasteiger partial charge in [-0.3, -0.25) is 0 Å². The normalized spacial score (nSPS) is 20.5. The first-order chi connectivity index (χ1) is 20.0. The van der Waals surface area contributed by atoms with Gasteiger partial charge in [0.15, 0.2) is 0 Å². The van der Waals surface area contributed by atoms with E-state index in [1.165, 1.54) is 33.2 Å². The zero-order valence-electron chi connectivity index (χ0n) is 23.3. The maximum atomic E-state index is 11.7. The lowest BCUT2D eigenvalue weighted by molar-refractivity contribution is -0.269. The van der Waals surface area contributed by atoms with Crippen LogP contribution in [0.25, 0.3) is 26.8 Å². The number of fused-ring (bicyclic) bond motifs is 1. The van der Waals surface area contributed by atoms with E-state index in [4.69, 9.17) is 14.2 Å². The molecule has 1 N–H and O–H groups in total. The van der Waals surface area contributed by atoms with Gasteiger partial charge in [0.2, 0.25) is 11.4 Å². The predicted molar refractivity (Wildman–Crippen MR) is 167 cm³/mol. The van der Waals surface area contributed by atoms with Crippen LogP contribution in [-0.2, 0) is 26.2 Å². The van der Waals surface area contributed by atoms with Gasteiger partial charge in [0, 0.05) is 46.7 Å². The smallest absolute Gasteiger partial charge is 0.227 e. The zero-order valence-corrected chi connectivity index (χ0v) is 24.2. The lowest BCUT2D eigenvalue weighted by Gasteiger charge is -2.46. The fraction of sp³-hybridized carbons (Fsp3) is 0.167. The number of hydrogen-bond donors (Lipinski definition) is 1. The third-order valence-electron chi connectivity index (χ3n) is 7.91. The van der Waals surface area contributed by atoms with E-state index >= 15 is 0 Å². The van der Waals surface area contributed by atoms with Crippen molar-refractivity contribution < 1.29 is 19.3 Å². The molecule has 206 valence electrons. The number of allylic oxidation sites excluding steroid dienone is 2. The van der Waals surface area contributed by atoms with Crippen molar-refractivity contribution >= 4 is 27.0 Å². The highest BCUT2D eigenvalue weighted by molar-refractivity contribution is 7.19. The molecule has 0 bridgehead atoms. The molecule has 1 aliphatic rings. The highest BCUT2D eigenvalue weighted by Crippen LogP contribution is 2.50. The van der Waals surface area contributed by atoms with E-state index in [-0.39, 0.29) is 0 Å². The van der Waals surface area contributed by atoms with Gasteiger partial charge in [-0.2, -0.15) is 0 Å². The maximum absolute atomic E-state index is 11.7. The van der Waals surface area contributed by atoms with Crippen LogP contribution in [0.2, 0.25) is 0 Å². The highest BCUT2D eigenvalue weighted by atomic mass is 32.1. The molecule has 1 aliphatic carbocycles. The molecule has 4 nitrogen and oxygen atoms in total. The number of ether oxygens (including phenoxy) is 3. The van der Waals surface area contributed by atoms with Gasteiger partial charge < -0.3 is 19.3 Å². The summed E-state index contributed by atoms with van der Waals surface area (Å²) < 4.78 is 19.1. The molecule has 0 saturated heterocycles. The fourth-order valence-electron chi connectivity index (χ4n) is 5.94. The van der Waals surface area contributed by atoms with Crippen molar-refractivity contribution in [2.45, 2.75) is 17.8 Å².